The van der Waals surface area contributed by atoms with Crippen LogP contribution in [0.1, 0.15) is 18.4 Å². The highest BCUT2D eigenvalue weighted by Crippen LogP contribution is 2.47. The van der Waals surface area contributed by atoms with Gasteiger partial charge in [-0.3, -0.25) is 0 Å². The minimum absolute atomic E-state index is 0.0536. The van der Waals surface area contributed by atoms with Gasteiger partial charge < -0.3 is 9.13 Å². The first-order chi connectivity index (χ1) is 8.19. The molecule has 3 fully saturated rings. The summed E-state index contributed by atoms with van der Waals surface area (Å²) >= 11 is 0. The minimum Gasteiger partial charge on any atom is -0.464 e. The van der Waals surface area contributed by atoms with Gasteiger partial charge in [0.2, 0.25) is 5.88 Å². The minimum atomic E-state index is -0.0536. The number of hydrogen-bond donors (Lipinski definition) is 0. The van der Waals surface area contributed by atoms with E-state index in [2.05, 4.69) is 11.1 Å². The quantitative estimate of drug-likeness (QED) is 0.619. The Morgan fingerprint density at radius 1 is 1.41 bits per heavy atom. The highest BCUT2D eigenvalue weighted by atomic mass is 16.5. The predicted octanol–water partition coefficient (Wildman–Crippen LogP) is 1.08. The van der Waals surface area contributed by atoms with E-state index in [1.807, 2.05) is 12.3 Å². The van der Waals surface area contributed by atoms with Crippen LogP contribution in [0.25, 0.3) is 0 Å². The highest BCUT2D eigenvalue weighted by molar-refractivity contribution is 5.97. The van der Waals surface area contributed by atoms with Crippen LogP contribution in [-0.4, -0.2) is 42.6 Å². The molecule has 0 saturated carbocycles. The van der Waals surface area contributed by atoms with E-state index in [0.717, 1.165) is 31.9 Å². The van der Waals surface area contributed by atoms with E-state index < -0.39 is 0 Å². The molecule has 4 aliphatic heterocycles. The van der Waals surface area contributed by atoms with E-state index in [1.54, 1.807) is 0 Å². The van der Waals surface area contributed by atoms with Crippen LogP contribution < -0.4 is 4.74 Å². The highest BCUT2D eigenvalue weighted by Gasteiger charge is 2.57. The zero-order valence-corrected chi connectivity index (χ0v) is 9.93. The van der Waals surface area contributed by atoms with Gasteiger partial charge in [-0.1, -0.05) is 6.07 Å². The molecule has 0 amide bonds. The predicted molar refractivity (Wildman–Crippen MR) is 64.6 cm³/mol. The maximum absolute atomic E-state index is 6.42. The first-order valence-electron chi connectivity index (χ1n) is 6.47. The lowest BCUT2D eigenvalue weighted by Gasteiger charge is -2.55. The van der Waals surface area contributed by atoms with Crippen molar-refractivity contribution in [3.63, 3.8) is 0 Å². The molecule has 1 unspecified atom stereocenters. The molecule has 2 radical (unpaired) electrons. The first-order valence-corrected chi connectivity index (χ1v) is 6.47. The van der Waals surface area contributed by atoms with Gasteiger partial charge >= 0.3 is 7.98 Å². The molecule has 1 aromatic rings. The number of hydrogen-bond acceptors (Lipinski definition) is 2. The standard InChI is InChI=1S/C13H16BN2O/c14-16-6-3-11(4-7-16)13(9-16)8-10-2-1-5-15-12(10)17-13/h1-2,5,11H,3-4,6-9H2/q+1. The van der Waals surface area contributed by atoms with E-state index >= 15 is 0 Å². The molecule has 0 aliphatic carbocycles. The number of rotatable bonds is 0. The fourth-order valence-electron chi connectivity index (χ4n) is 3.95. The number of aromatic nitrogens is 1. The van der Waals surface area contributed by atoms with Crippen LogP contribution in [0.4, 0.5) is 0 Å². The van der Waals surface area contributed by atoms with E-state index in [-0.39, 0.29) is 5.60 Å². The number of fused-ring (bicyclic) bond motifs is 3. The topological polar surface area (TPSA) is 22.1 Å². The lowest BCUT2D eigenvalue weighted by Crippen LogP contribution is -2.69. The number of piperidine rings is 3. The van der Waals surface area contributed by atoms with Crippen LogP contribution >= 0.6 is 0 Å². The Morgan fingerprint density at radius 2 is 2.24 bits per heavy atom. The second-order valence-electron chi connectivity index (χ2n) is 5.91. The number of nitrogens with zero attached hydrogens (tertiary/aromatic N) is 2. The largest absolute Gasteiger partial charge is 0.481 e. The Hall–Kier alpha value is -1.03. The molecular weight excluding hydrogens is 211 g/mol. The summed E-state index contributed by atoms with van der Waals surface area (Å²) in [6.45, 7) is 3.17. The molecule has 4 heteroatoms. The average Bonchev–Trinajstić information content (AvgIpc) is 2.66. The Balaban J connectivity index is 1.73. The van der Waals surface area contributed by atoms with Crippen molar-refractivity contribution in [3.8, 4) is 5.88 Å². The molecule has 4 aliphatic rings. The smallest absolute Gasteiger partial charge is 0.464 e. The molecule has 1 aromatic heterocycles. The van der Waals surface area contributed by atoms with Gasteiger partial charge in [0, 0.05) is 36.9 Å². The van der Waals surface area contributed by atoms with Crippen molar-refractivity contribution in [1.82, 2.24) is 4.98 Å². The van der Waals surface area contributed by atoms with Crippen LogP contribution in [-0.2, 0) is 6.42 Å². The Bertz CT molecular complexity index is 443. The van der Waals surface area contributed by atoms with Gasteiger partial charge in [-0.15, -0.1) is 0 Å². The second-order valence-corrected chi connectivity index (χ2v) is 5.91. The maximum atomic E-state index is 6.42. The van der Waals surface area contributed by atoms with Crippen molar-refractivity contribution in [2.75, 3.05) is 19.6 Å². The third-order valence-electron chi connectivity index (χ3n) is 4.81. The SMILES string of the molecule is [B][N+]12CCC(CC1)C1(Cc3cccnc3O1)C2. The third-order valence-corrected chi connectivity index (χ3v) is 4.81. The van der Waals surface area contributed by atoms with E-state index in [1.165, 1.54) is 18.4 Å². The van der Waals surface area contributed by atoms with Crippen molar-refractivity contribution in [2.45, 2.75) is 24.9 Å². The molecule has 5 heterocycles. The van der Waals surface area contributed by atoms with Crippen molar-refractivity contribution >= 4 is 7.98 Å². The van der Waals surface area contributed by atoms with Crippen LogP contribution in [0.2, 0.25) is 0 Å². The first kappa shape index (κ1) is 9.95. The van der Waals surface area contributed by atoms with Gasteiger partial charge in [0.1, 0.15) is 6.54 Å². The number of ether oxygens (including phenoxy) is 1. The maximum Gasteiger partial charge on any atom is 0.481 e. The molecule has 5 rings (SSSR count). The molecule has 0 N–H and O–H groups in total. The molecule has 3 saturated heterocycles. The summed E-state index contributed by atoms with van der Waals surface area (Å²) in [5.74, 6) is 1.51. The molecule has 3 nitrogen and oxygen atoms in total. The Labute approximate surface area is 103 Å². The van der Waals surface area contributed by atoms with Gasteiger partial charge in [0.15, 0.2) is 5.60 Å². The normalized spacial score (nSPS) is 42.5. The summed E-state index contributed by atoms with van der Waals surface area (Å²) in [6, 6.07) is 4.13. The lowest BCUT2D eigenvalue weighted by molar-refractivity contribution is -0.845. The molecule has 0 aromatic carbocycles. The third kappa shape index (κ3) is 1.30. The summed E-state index contributed by atoms with van der Waals surface area (Å²) in [4.78, 5) is 4.35. The lowest BCUT2D eigenvalue weighted by atomic mass is 9.70. The monoisotopic (exact) mass is 227 g/mol. The summed E-state index contributed by atoms with van der Waals surface area (Å²) in [7, 11) is 6.42. The summed E-state index contributed by atoms with van der Waals surface area (Å²) in [6.07, 6.45) is 5.21. The number of pyridine rings is 1. The van der Waals surface area contributed by atoms with Crippen LogP contribution in [0.3, 0.4) is 0 Å². The summed E-state index contributed by atoms with van der Waals surface area (Å²) in [5, 5.41) is 0. The van der Waals surface area contributed by atoms with Gasteiger partial charge in [-0.25, -0.2) is 4.98 Å². The zero-order chi connectivity index (χ0) is 11.5. The number of quaternary nitrogens is 1. The summed E-state index contributed by atoms with van der Waals surface area (Å²) in [5.41, 5.74) is 1.20. The fourth-order valence-corrected chi connectivity index (χ4v) is 3.95. The molecule has 1 atom stereocenters. The zero-order valence-electron chi connectivity index (χ0n) is 9.93. The van der Waals surface area contributed by atoms with Crippen LogP contribution in [0.15, 0.2) is 18.3 Å². The van der Waals surface area contributed by atoms with Crippen molar-refractivity contribution < 1.29 is 9.13 Å². The molecule has 2 bridgehead atoms. The summed E-state index contributed by atoms with van der Waals surface area (Å²) < 4.78 is 6.93. The molecule has 1 spiro atoms. The van der Waals surface area contributed by atoms with Crippen LogP contribution in [0, 0.1) is 5.92 Å². The molecular formula is C13H16BN2O+. The molecule has 17 heavy (non-hydrogen) atoms. The van der Waals surface area contributed by atoms with Crippen molar-refractivity contribution in [3.05, 3.63) is 23.9 Å². The van der Waals surface area contributed by atoms with Gasteiger partial charge in [0.05, 0.1) is 13.1 Å². The van der Waals surface area contributed by atoms with Crippen molar-refractivity contribution in [2.24, 2.45) is 5.92 Å². The Kier molecular flexibility index (Phi) is 1.78. The van der Waals surface area contributed by atoms with E-state index in [9.17, 15) is 0 Å². The second kappa shape index (κ2) is 3.05. The fraction of sp³-hybridized carbons (Fsp3) is 0.615. The van der Waals surface area contributed by atoms with Gasteiger partial charge in [-0.05, 0) is 6.07 Å². The van der Waals surface area contributed by atoms with Crippen LogP contribution in [0.5, 0.6) is 5.88 Å². The van der Waals surface area contributed by atoms with E-state index in [4.69, 9.17) is 12.7 Å². The van der Waals surface area contributed by atoms with Crippen molar-refractivity contribution in [1.29, 1.82) is 0 Å². The Morgan fingerprint density at radius 3 is 2.94 bits per heavy atom. The van der Waals surface area contributed by atoms with Gasteiger partial charge in [-0.2, -0.15) is 0 Å². The van der Waals surface area contributed by atoms with Gasteiger partial charge in [0.25, 0.3) is 0 Å². The van der Waals surface area contributed by atoms with E-state index in [0.29, 0.717) is 10.3 Å². The average molecular weight is 227 g/mol. The molecule has 86 valence electrons.